The predicted octanol–water partition coefficient (Wildman–Crippen LogP) is 4.08. The van der Waals surface area contributed by atoms with E-state index in [9.17, 15) is 14.7 Å². The lowest BCUT2D eigenvalue weighted by Crippen LogP contribution is -2.68. The van der Waals surface area contributed by atoms with E-state index in [0.717, 1.165) is 12.0 Å². The van der Waals surface area contributed by atoms with Gasteiger partial charge in [-0.2, -0.15) is 0 Å². The first kappa shape index (κ1) is 25.0. The number of aliphatic hydroxyl groups is 1. The molecule has 200 valence electrons. The predicted molar refractivity (Wildman–Crippen MR) is 132 cm³/mol. The third kappa shape index (κ3) is 3.03. The summed E-state index contributed by atoms with van der Waals surface area (Å²) in [4.78, 5) is 28.2. The standard InChI is InChI=1S/C29H37NO7/c1-13-11-28-14(2)9-19-21(26(19,5)6)18(22(28)31)10-17-12-34-27(7,8)36-24(17)29(28,33)23(13)35-25(32)20-15(3)30-37-16(20)4/h10-11,14,18-19,21,23-24,33H,9,12H2,1-8H3/t14-,18+,19-,21?,23+,24-,28+,29-/m1/s1. The minimum atomic E-state index is -1.84. The molecule has 4 aliphatic carbocycles. The van der Waals surface area contributed by atoms with Gasteiger partial charge in [0.05, 0.1) is 17.7 Å². The second-order valence-electron chi connectivity index (χ2n) is 13.0. The number of aromatic nitrogens is 1. The summed E-state index contributed by atoms with van der Waals surface area (Å²) < 4.78 is 23.8. The molecule has 0 aromatic carbocycles. The van der Waals surface area contributed by atoms with Crippen molar-refractivity contribution in [1.29, 1.82) is 0 Å². The van der Waals surface area contributed by atoms with E-state index in [2.05, 4.69) is 25.9 Å². The van der Waals surface area contributed by atoms with Crippen LogP contribution in [-0.4, -0.2) is 52.2 Å². The van der Waals surface area contributed by atoms with E-state index in [4.69, 9.17) is 18.7 Å². The molecule has 8 atom stereocenters. The highest BCUT2D eigenvalue weighted by Crippen LogP contribution is 2.72. The molecule has 1 aliphatic heterocycles. The molecule has 5 aliphatic rings. The minimum Gasteiger partial charge on any atom is -0.451 e. The maximum atomic E-state index is 14.7. The zero-order valence-corrected chi connectivity index (χ0v) is 22.9. The van der Waals surface area contributed by atoms with Crippen molar-refractivity contribution in [3.63, 3.8) is 0 Å². The summed E-state index contributed by atoms with van der Waals surface area (Å²) in [5.74, 6) is -1.31. The van der Waals surface area contributed by atoms with Gasteiger partial charge in [-0.05, 0) is 75.4 Å². The zero-order chi connectivity index (χ0) is 26.9. The largest absolute Gasteiger partial charge is 0.451 e. The number of hydrogen-bond donors (Lipinski definition) is 1. The summed E-state index contributed by atoms with van der Waals surface area (Å²) in [6.07, 6.45) is 2.71. The molecule has 1 saturated heterocycles. The summed E-state index contributed by atoms with van der Waals surface area (Å²) in [7, 11) is 0. The smallest absolute Gasteiger partial charge is 0.344 e. The van der Waals surface area contributed by atoms with Crippen LogP contribution in [0.1, 0.15) is 69.8 Å². The molecule has 2 saturated carbocycles. The van der Waals surface area contributed by atoms with Gasteiger partial charge in [0, 0.05) is 5.92 Å². The summed E-state index contributed by atoms with van der Waals surface area (Å²) in [6, 6.07) is 0. The Morgan fingerprint density at radius 2 is 1.89 bits per heavy atom. The van der Waals surface area contributed by atoms with Crippen LogP contribution < -0.4 is 0 Å². The van der Waals surface area contributed by atoms with E-state index < -0.39 is 35.0 Å². The highest BCUT2D eigenvalue weighted by Gasteiger charge is 2.77. The number of ether oxygens (including phenoxy) is 3. The fraction of sp³-hybridized carbons (Fsp3) is 0.690. The van der Waals surface area contributed by atoms with Crippen LogP contribution in [-0.2, 0) is 19.0 Å². The molecule has 2 heterocycles. The van der Waals surface area contributed by atoms with E-state index in [1.165, 1.54) is 0 Å². The SMILES string of the molecule is CC1=C[C@]23C(=O)[C@@H](C=C4COC(C)(C)O[C@H]4[C@]2(O)[C@H]1OC(=O)c1c(C)noc1C)C1[C@@H](C[C@H]3C)C1(C)C. The lowest BCUT2D eigenvalue weighted by Gasteiger charge is -2.52. The van der Waals surface area contributed by atoms with Gasteiger partial charge in [-0.3, -0.25) is 4.79 Å². The fourth-order valence-corrected chi connectivity index (χ4v) is 8.24. The molecule has 8 heteroatoms. The Labute approximate surface area is 217 Å². The van der Waals surface area contributed by atoms with Crippen molar-refractivity contribution >= 4 is 11.8 Å². The van der Waals surface area contributed by atoms with Gasteiger partial charge in [-0.15, -0.1) is 0 Å². The first-order chi connectivity index (χ1) is 17.2. The van der Waals surface area contributed by atoms with Gasteiger partial charge in [0.1, 0.15) is 17.4 Å². The van der Waals surface area contributed by atoms with Crippen LogP contribution in [0.2, 0.25) is 0 Å². The molecule has 2 bridgehead atoms. The van der Waals surface area contributed by atoms with Crippen LogP contribution in [0.4, 0.5) is 0 Å². The summed E-state index contributed by atoms with van der Waals surface area (Å²) in [5.41, 5.74) is -1.06. The quantitative estimate of drug-likeness (QED) is 0.467. The van der Waals surface area contributed by atoms with Crippen molar-refractivity contribution in [2.24, 2.45) is 34.5 Å². The average Bonchev–Trinajstić information content (AvgIpc) is 3.09. The molecule has 1 aromatic heterocycles. The normalized spacial score (nSPS) is 42.9. The molecular weight excluding hydrogens is 474 g/mol. The minimum absolute atomic E-state index is 0.0147. The van der Waals surface area contributed by atoms with Gasteiger partial charge in [0.2, 0.25) is 0 Å². The molecule has 37 heavy (non-hydrogen) atoms. The van der Waals surface area contributed by atoms with Crippen molar-refractivity contribution in [2.75, 3.05) is 6.61 Å². The van der Waals surface area contributed by atoms with Gasteiger partial charge in [0.15, 0.2) is 23.3 Å². The molecule has 1 aromatic rings. The number of fused-ring (bicyclic) bond motifs is 5. The number of Topliss-reactive ketones (excluding diaryl/α,β-unsaturated/α-hetero) is 1. The molecule has 8 nitrogen and oxygen atoms in total. The van der Waals surface area contributed by atoms with Gasteiger partial charge in [-0.25, -0.2) is 4.79 Å². The third-order valence-electron chi connectivity index (χ3n) is 10.1. The Balaban J connectivity index is 1.53. The van der Waals surface area contributed by atoms with E-state index in [-0.39, 0.29) is 41.1 Å². The van der Waals surface area contributed by atoms with E-state index >= 15 is 0 Å². The van der Waals surface area contributed by atoms with E-state index in [0.29, 0.717) is 22.9 Å². The fourth-order valence-electron chi connectivity index (χ4n) is 8.24. The van der Waals surface area contributed by atoms with E-state index in [1.54, 1.807) is 27.7 Å². The molecule has 1 N–H and O–H groups in total. The highest BCUT2D eigenvalue weighted by molar-refractivity contribution is 5.96. The van der Waals surface area contributed by atoms with Crippen molar-refractivity contribution in [2.45, 2.75) is 85.4 Å². The Morgan fingerprint density at radius 1 is 1.19 bits per heavy atom. The second-order valence-corrected chi connectivity index (χ2v) is 13.0. The van der Waals surface area contributed by atoms with Crippen LogP contribution in [0.5, 0.6) is 0 Å². The molecular formula is C29H37NO7. The lowest BCUT2D eigenvalue weighted by atomic mass is 9.59. The Bertz CT molecular complexity index is 1250. The monoisotopic (exact) mass is 511 g/mol. The van der Waals surface area contributed by atoms with Crippen molar-refractivity contribution in [3.05, 3.63) is 40.3 Å². The molecule has 3 fully saturated rings. The third-order valence-corrected chi connectivity index (χ3v) is 10.1. The Hall–Kier alpha value is -2.29. The number of aryl methyl sites for hydroxylation is 2. The molecule has 1 unspecified atom stereocenters. The van der Waals surface area contributed by atoms with Gasteiger partial charge in [-0.1, -0.05) is 38.1 Å². The summed E-state index contributed by atoms with van der Waals surface area (Å²) in [6.45, 7) is 15.5. The first-order valence-electron chi connectivity index (χ1n) is 13.3. The molecule has 1 spiro atoms. The second kappa shape index (κ2) is 7.42. The maximum Gasteiger partial charge on any atom is 0.344 e. The van der Waals surface area contributed by atoms with Crippen molar-refractivity contribution < 1.29 is 33.4 Å². The van der Waals surface area contributed by atoms with Gasteiger partial charge >= 0.3 is 5.97 Å². The number of rotatable bonds is 2. The number of esters is 1. The number of carbonyl (C=O) groups is 2. The summed E-state index contributed by atoms with van der Waals surface area (Å²) >= 11 is 0. The number of ketones is 1. The molecule has 0 radical (unpaired) electrons. The van der Waals surface area contributed by atoms with Crippen LogP contribution in [0, 0.1) is 48.3 Å². The van der Waals surface area contributed by atoms with E-state index in [1.807, 2.05) is 19.1 Å². The van der Waals surface area contributed by atoms with Gasteiger partial charge in [0.25, 0.3) is 0 Å². The van der Waals surface area contributed by atoms with Crippen LogP contribution in [0.25, 0.3) is 0 Å². The van der Waals surface area contributed by atoms with Crippen LogP contribution in [0.15, 0.2) is 27.8 Å². The van der Waals surface area contributed by atoms with Crippen molar-refractivity contribution in [1.82, 2.24) is 5.16 Å². The Morgan fingerprint density at radius 3 is 2.54 bits per heavy atom. The number of nitrogens with zero attached hydrogens (tertiary/aromatic N) is 1. The number of hydrogen-bond acceptors (Lipinski definition) is 8. The lowest BCUT2D eigenvalue weighted by molar-refractivity contribution is -0.302. The number of carbonyl (C=O) groups excluding carboxylic acids is 2. The van der Waals surface area contributed by atoms with Crippen molar-refractivity contribution in [3.8, 4) is 0 Å². The number of allylic oxidation sites excluding steroid dienone is 1. The highest BCUT2D eigenvalue weighted by atomic mass is 16.7. The maximum absolute atomic E-state index is 14.7. The van der Waals surface area contributed by atoms with Gasteiger partial charge < -0.3 is 23.8 Å². The molecule has 6 rings (SSSR count). The first-order valence-corrected chi connectivity index (χ1v) is 13.3. The average molecular weight is 512 g/mol. The summed E-state index contributed by atoms with van der Waals surface area (Å²) in [5, 5.41) is 16.9. The van der Waals surface area contributed by atoms with Crippen LogP contribution >= 0.6 is 0 Å². The topological polar surface area (TPSA) is 108 Å². The Kier molecular flexibility index (Phi) is 5.02. The molecule has 0 amide bonds. The van der Waals surface area contributed by atoms with Crippen LogP contribution in [0.3, 0.4) is 0 Å². The zero-order valence-electron chi connectivity index (χ0n) is 22.9.